The maximum atomic E-state index is 11.7. The quantitative estimate of drug-likeness (QED) is 0.508. The summed E-state index contributed by atoms with van der Waals surface area (Å²) in [7, 11) is 0. The van der Waals surface area contributed by atoms with E-state index in [1.807, 2.05) is 38.1 Å². The van der Waals surface area contributed by atoms with Crippen molar-refractivity contribution in [3.8, 4) is 0 Å². The molecule has 0 aliphatic heterocycles. The molecule has 0 saturated heterocycles. The van der Waals surface area contributed by atoms with Gasteiger partial charge in [-0.25, -0.2) is 0 Å². The number of hydrogen-bond acceptors (Lipinski definition) is 1. The van der Waals surface area contributed by atoms with Crippen LogP contribution in [0, 0.1) is 12.8 Å². The van der Waals surface area contributed by atoms with E-state index in [0.717, 1.165) is 11.1 Å². The molecular formula is C12H14O. The first kappa shape index (κ1) is 9.72. The molecule has 68 valence electrons. The Balaban J connectivity index is 3.02. The number of hydrogen-bond donors (Lipinski definition) is 0. The Kier molecular flexibility index (Phi) is 3.02. The van der Waals surface area contributed by atoms with Crippen LogP contribution in [-0.2, 0) is 0 Å². The van der Waals surface area contributed by atoms with Crippen LogP contribution in [0.25, 0.3) is 0 Å². The van der Waals surface area contributed by atoms with Crippen LogP contribution in [0.2, 0.25) is 0 Å². The van der Waals surface area contributed by atoms with Crippen molar-refractivity contribution >= 4 is 5.78 Å². The molecule has 0 amide bonds. The van der Waals surface area contributed by atoms with Crippen LogP contribution in [0.5, 0.6) is 0 Å². The van der Waals surface area contributed by atoms with Crippen LogP contribution in [0.15, 0.2) is 36.9 Å². The Hall–Kier alpha value is -1.37. The highest BCUT2D eigenvalue weighted by Gasteiger charge is 2.12. The predicted molar refractivity (Wildman–Crippen MR) is 54.9 cm³/mol. The smallest absolute Gasteiger partial charge is 0.169 e. The second kappa shape index (κ2) is 4.04. The van der Waals surface area contributed by atoms with Gasteiger partial charge in [-0.05, 0) is 12.5 Å². The summed E-state index contributed by atoms with van der Waals surface area (Å²) < 4.78 is 0. The van der Waals surface area contributed by atoms with Gasteiger partial charge in [-0.3, -0.25) is 4.79 Å². The van der Waals surface area contributed by atoms with E-state index in [9.17, 15) is 4.79 Å². The number of allylic oxidation sites excluding steroid dienone is 1. The molecule has 1 aromatic carbocycles. The van der Waals surface area contributed by atoms with Crippen LogP contribution in [0.1, 0.15) is 22.8 Å². The van der Waals surface area contributed by atoms with E-state index in [1.54, 1.807) is 6.08 Å². The number of Topliss-reactive ketones (excluding diaryl/α,β-unsaturated/α-hetero) is 1. The van der Waals surface area contributed by atoms with Crippen molar-refractivity contribution in [2.75, 3.05) is 0 Å². The number of carbonyl (C=O) groups is 1. The first-order valence-electron chi connectivity index (χ1n) is 4.39. The highest BCUT2D eigenvalue weighted by molar-refractivity contribution is 5.99. The van der Waals surface area contributed by atoms with Gasteiger partial charge in [0.05, 0.1) is 0 Å². The summed E-state index contributed by atoms with van der Waals surface area (Å²) in [6.45, 7) is 7.43. The molecule has 0 saturated carbocycles. The average molecular weight is 174 g/mol. The van der Waals surface area contributed by atoms with E-state index in [2.05, 4.69) is 6.58 Å². The van der Waals surface area contributed by atoms with Crippen LogP contribution in [0.3, 0.4) is 0 Å². The molecule has 0 aliphatic carbocycles. The monoisotopic (exact) mass is 174 g/mol. The third-order valence-electron chi connectivity index (χ3n) is 2.18. The van der Waals surface area contributed by atoms with Crippen LogP contribution < -0.4 is 0 Å². The van der Waals surface area contributed by atoms with E-state index in [-0.39, 0.29) is 11.7 Å². The van der Waals surface area contributed by atoms with Gasteiger partial charge in [-0.1, -0.05) is 37.3 Å². The molecule has 0 aromatic heterocycles. The number of aryl methyl sites for hydroxylation is 1. The minimum atomic E-state index is -0.0962. The van der Waals surface area contributed by atoms with E-state index < -0.39 is 0 Å². The van der Waals surface area contributed by atoms with Crippen molar-refractivity contribution < 1.29 is 4.79 Å². The largest absolute Gasteiger partial charge is 0.294 e. The Morgan fingerprint density at radius 1 is 1.46 bits per heavy atom. The lowest BCUT2D eigenvalue weighted by Crippen LogP contribution is -2.09. The summed E-state index contributed by atoms with van der Waals surface area (Å²) in [5.41, 5.74) is 1.83. The summed E-state index contributed by atoms with van der Waals surface area (Å²) in [5.74, 6) is 0.0502. The topological polar surface area (TPSA) is 17.1 Å². The summed E-state index contributed by atoms with van der Waals surface area (Å²) in [4.78, 5) is 11.7. The first-order chi connectivity index (χ1) is 6.16. The summed E-state index contributed by atoms with van der Waals surface area (Å²) in [6.07, 6.45) is 1.68. The lowest BCUT2D eigenvalue weighted by molar-refractivity contribution is 0.0953. The normalized spacial score (nSPS) is 12.2. The number of rotatable bonds is 3. The zero-order valence-corrected chi connectivity index (χ0v) is 8.08. The third-order valence-corrected chi connectivity index (χ3v) is 2.18. The SMILES string of the molecule is C=CC(C)C(=O)c1ccccc1C. The van der Waals surface area contributed by atoms with Crippen molar-refractivity contribution in [3.63, 3.8) is 0 Å². The average Bonchev–Trinajstić information content (AvgIpc) is 2.16. The van der Waals surface area contributed by atoms with Gasteiger partial charge in [0.2, 0.25) is 0 Å². The zero-order chi connectivity index (χ0) is 9.84. The van der Waals surface area contributed by atoms with Crippen molar-refractivity contribution in [2.45, 2.75) is 13.8 Å². The molecule has 0 radical (unpaired) electrons. The molecule has 1 rings (SSSR count). The lowest BCUT2D eigenvalue weighted by Gasteiger charge is -2.07. The number of benzene rings is 1. The molecule has 1 heteroatoms. The molecule has 0 bridgehead atoms. The maximum Gasteiger partial charge on any atom is 0.169 e. The Morgan fingerprint density at radius 2 is 2.08 bits per heavy atom. The van der Waals surface area contributed by atoms with Gasteiger partial charge in [0.25, 0.3) is 0 Å². The minimum Gasteiger partial charge on any atom is -0.294 e. The van der Waals surface area contributed by atoms with Gasteiger partial charge in [0.15, 0.2) is 5.78 Å². The molecule has 0 aliphatic rings. The van der Waals surface area contributed by atoms with Crippen molar-refractivity contribution in [1.82, 2.24) is 0 Å². The number of ketones is 1. The zero-order valence-electron chi connectivity index (χ0n) is 8.08. The second-order valence-corrected chi connectivity index (χ2v) is 3.20. The van der Waals surface area contributed by atoms with Gasteiger partial charge in [0, 0.05) is 11.5 Å². The van der Waals surface area contributed by atoms with Gasteiger partial charge in [-0.15, -0.1) is 6.58 Å². The molecule has 1 nitrogen and oxygen atoms in total. The Labute approximate surface area is 79.1 Å². The first-order valence-corrected chi connectivity index (χ1v) is 4.39. The lowest BCUT2D eigenvalue weighted by atomic mass is 9.96. The number of carbonyl (C=O) groups excluding carboxylic acids is 1. The highest BCUT2D eigenvalue weighted by Crippen LogP contribution is 2.13. The molecule has 13 heavy (non-hydrogen) atoms. The van der Waals surface area contributed by atoms with Gasteiger partial charge < -0.3 is 0 Å². The van der Waals surface area contributed by atoms with Crippen molar-refractivity contribution in [2.24, 2.45) is 5.92 Å². The van der Waals surface area contributed by atoms with E-state index in [1.165, 1.54) is 0 Å². The predicted octanol–water partition coefficient (Wildman–Crippen LogP) is 3.00. The van der Waals surface area contributed by atoms with E-state index in [4.69, 9.17) is 0 Å². The van der Waals surface area contributed by atoms with E-state index >= 15 is 0 Å². The third kappa shape index (κ3) is 2.05. The fourth-order valence-corrected chi connectivity index (χ4v) is 1.20. The van der Waals surface area contributed by atoms with Crippen LogP contribution in [0.4, 0.5) is 0 Å². The summed E-state index contributed by atoms with van der Waals surface area (Å²) >= 11 is 0. The van der Waals surface area contributed by atoms with Crippen LogP contribution in [-0.4, -0.2) is 5.78 Å². The fraction of sp³-hybridized carbons (Fsp3) is 0.250. The Morgan fingerprint density at radius 3 is 2.62 bits per heavy atom. The fourth-order valence-electron chi connectivity index (χ4n) is 1.20. The molecule has 1 unspecified atom stereocenters. The Bertz CT molecular complexity index is 326. The van der Waals surface area contributed by atoms with Gasteiger partial charge >= 0.3 is 0 Å². The minimum absolute atomic E-state index is 0.0962. The molecule has 1 atom stereocenters. The standard InChI is InChI=1S/C12H14O/c1-4-9(2)12(13)11-8-6-5-7-10(11)3/h4-9H,1H2,2-3H3. The maximum absolute atomic E-state index is 11.7. The summed E-state index contributed by atoms with van der Waals surface area (Å²) in [6, 6.07) is 7.63. The van der Waals surface area contributed by atoms with Gasteiger partial charge in [0.1, 0.15) is 0 Å². The van der Waals surface area contributed by atoms with Gasteiger partial charge in [-0.2, -0.15) is 0 Å². The van der Waals surface area contributed by atoms with Crippen molar-refractivity contribution in [1.29, 1.82) is 0 Å². The molecule has 1 aromatic rings. The molecule has 0 fully saturated rings. The highest BCUT2D eigenvalue weighted by atomic mass is 16.1. The second-order valence-electron chi connectivity index (χ2n) is 3.20. The van der Waals surface area contributed by atoms with Crippen molar-refractivity contribution in [3.05, 3.63) is 48.0 Å². The molecule has 0 spiro atoms. The molecule has 0 N–H and O–H groups in total. The van der Waals surface area contributed by atoms with Crippen LogP contribution >= 0.6 is 0 Å². The molecule has 0 heterocycles. The molecular weight excluding hydrogens is 160 g/mol. The van der Waals surface area contributed by atoms with E-state index in [0.29, 0.717) is 0 Å². The summed E-state index contributed by atoms with van der Waals surface area (Å²) in [5, 5.41) is 0.